The first-order valence-corrected chi connectivity index (χ1v) is 10.1. The maximum Gasteiger partial charge on any atom is 0.249 e. The lowest BCUT2D eigenvalue weighted by atomic mass is 9.69. The van der Waals surface area contributed by atoms with E-state index in [1.54, 1.807) is 6.92 Å². The predicted molar refractivity (Wildman–Crippen MR) is 103 cm³/mol. The van der Waals surface area contributed by atoms with Crippen LogP contribution in [-0.4, -0.2) is 29.8 Å². The van der Waals surface area contributed by atoms with Gasteiger partial charge in [0.15, 0.2) is 0 Å². The van der Waals surface area contributed by atoms with Gasteiger partial charge in [-0.15, -0.1) is 0 Å². The fraction of sp³-hybridized carbons (Fsp3) is 0.591. The molecule has 2 amide bonds. The Hall–Kier alpha value is -2.35. The largest absolute Gasteiger partial charge is 0.341 e. The predicted octanol–water partition coefficient (Wildman–Crippen LogP) is 3.58. The topological polar surface area (TPSA) is 73.2 Å². The Bertz CT molecular complexity index is 696. The van der Waals surface area contributed by atoms with E-state index in [0.29, 0.717) is 25.4 Å². The average molecular weight is 367 g/mol. The van der Waals surface area contributed by atoms with Crippen molar-refractivity contribution in [2.75, 3.05) is 13.1 Å². The Morgan fingerprint density at radius 1 is 1.22 bits per heavy atom. The van der Waals surface area contributed by atoms with Crippen molar-refractivity contribution in [3.05, 3.63) is 35.9 Å². The van der Waals surface area contributed by atoms with Crippen molar-refractivity contribution in [1.82, 2.24) is 10.2 Å². The van der Waals surface area contributed by atoms with E-state index in [1.807, 2.05) is 35.2 Å². The molecular formula is C22H29N3O2. The molecule has 1 saturated carbocycles. The number of nitriles is 1. The smallest absolute Gasteiger partial charge is 0.249 e. The molecule has 0 radical (unpaired) electrons. The van der Waals surface area contributed by atoms with E-state index >= 15 is 0 Å². The summed E-state index contributed by atoms with van der Waals surface area (Å²) in [6.45, 7) is 2.97. The number of amides is 2. The maximum absolute atomic E-state index is 13.2. The standard InChI is InChI=1S/C22H29N3O2/c1-2-19(26)24-20(17-8-4-3-5-9-17)21(27)25-14-12-22(16-23,13-15-25)18-10-6-7-11-18/h3-5,8-9,18,20H,2,6-7,10-15H2,1H3,(H,24,26). The third kappa shape index (κ3) is 4.16. The zero-order valence-corrected chi connectivity index (χ0v) is 16.1. The van der Waals surface area contributed by atoms with Crippen molar-refractivity contribution < 1.29 is 9.59 Å². The molecule has 1 aromatic carbocycles. The van der Waals surface area contributed by atoms with E-state index in [-0.39, 0.29) is 17.2 Å². The molecular weight excluding hydrogens is 338 g/mol. The van der Waals surface area contributed by atoms with Crippen molar-refractivity contribution in [2.45, 2.75) is 57.9 Å². The molecule has 1 heterocycles. The molecule has 0 aromatic heterocycles. The Morgan fingerprint density at radius 2 is 1.85 bits per heavy atom. The van der Waals surface area contributed by atoms with E-state index in [1.165, 1.54) is 12.8 Å². The van der Waals surface area contributed by atoms with Gasteiger partial charge in [0.05, 0.1) is 11.5 Å². The van der Waals surface area contributed by atoms with Crippen LogP contribution in [0.25, 0.3) is 0 Å². The highest BCUT2D eigenvalue weighted by atomic mass is 16.2. The van der Waals surface area contributed by atoms with Crippen molar-refractivity contribution in [3.8, 4) is 6.07 Å². The lowest BCUT2D eigenvalue weighted by molar-refractivity contribution is -0.138. The fourth-order valence-corrected chi connectivity index (χ4v) is 4.59. The molecule has 5 nitrogen and oxygen atoms in total. The molecule has 2 fully saturated rings. The van der Waals surface area contributed by atoms with E-state index in [0.717, 1.165) is 31.2 Å². The van der Waals surface area contributed by atoms with Gasteiger partial charge in [-0.05, 0) is 37.2 Å². The minimum absolute atomic E-state index is 0.0686. The van der Waals surface area contributed by atoms with Crippen LogP contribution in [0.4, 0.5) is 0 Å². The van der Waals surface area contributed by atoms with E-state index < -0.39 is 6.04 Å². The molecule has 1 saturated heterocycles. The van der Waals surface area contributed by atoms with Gasteiger partial charge in [0.1, 0.15) is 6.04 Å². The summed E-state index contributed by atoms with van der Waals surface area (Å²) in [4.78, 5) is 27.0. The second-order valence-corrected chi connectivity index (χ2v) is 7.84. The van der Waals surface area contributed by atoms with E-state index in [2.05, 4.69) is 11.4 Å². The number of carbonyl (C=O) groups excluding carboxylic acids is 2. The van der Waals surface area contributed by atoms with Crippen molar-refractivity contribution in [2.24, 2.45) is 11.3 Å². The normalized spacial score (nSPS) is 20.7. The van der Waals surface area contributed by atoms with Gasteiger partial charge in [0.25, 0.3) is 0 Å². The van der Waals surface area contributed by atoms with Gasteiger partial charge < -0.3 is 10.2 Å². The molecule has 5 heteroatoms. The van der Waals surface area contributed by atoms with Crippen LogP contribution >= 0.6 is 0 Å². The van der Waals surface area contributed by atoms with Crippen LogP contribution in [0.3, 0.4) is 0 Å². The molecule has 2 aliphatic rings. The first kappa shape index (κ1) is 19.4. The maximum atomic E-state index is 13.2. The third-order valence-electron chi connectivity index (χ3n) is 6.33. The van der Waals surface area contributed by atoms with Crippen LogP contribution in [0.2, 0.25) is 0 Å². The summed E-state index contributed by atoms with van der Waals surface area (Å²) in [6, 6.07) is 11.4. The molecule has 1 N–H and O–H groups in total. The molecule has 1 aliphatic heterocycles. The third-order valence-corrected chi connectivity index (χ3v) is 6.33. The molecule has 1 aromatic rings. The second-order valence-electron chi connectivity index (χ2n) is 7.84. The Balaban J connectivity index is 1.72. The summed E-state index contributed by atoms with van der Waals surface area (Å²) in [5, 5.41) is 12.7. The number of likely N-dealkylation sites (tertiary alicyclic amines) is 1. The Kier molecular flexibility index (Phi) is 6.15. The number of piperidine rings is 1. The number of hydrogen-bond acceptors (Lipinski definition) is 3. The molecule has 1 aliphatic carbocycles. The minimum atomic E-state index is -0.653. The monoisotopic (exact) mass is 367 g/mol. The van der Waals surface area contributed by atoms with Crippen molar-refractivity contribution in [3.63, 3.8) is 0 Å². The van der Waals surface area contributed by atoms with Crippen LogP contribution in [0.5, 0.6) is 0 Å². The van der Waals surface area contributed by atoms with Gasteiger partial charge in [-0.2, -0.15) is 5.26 Å². The van der Waals surface area contributed by atoms with Crippen LogP contribution in [0, 0.1) is 22.7 Å². The first-order valence-electron chi connectivity index (χ1n) is 10.1. The highest BCUT2D eigenvalue weighted by Crippen LogP contribution is 2.46. The Labute approximate surface area is 161 Å². The summed E-state index contributed by atoms with van der Waals surface area (Å²) < 4.78 is 0. The second kappa shape index (κ2) is 8.56. The summed E-state index contributed by atoms with van der Waals surface area (Å²) in [5.74, 6) is 0.275. The molecule has 27 heavy (non-hydrogen) atoms. The number of nitrogens with zero attached hydrogens (tertiary/aromatic N) is 2. The zero-order valence-electron chi connectivity index (χ0n) is 16.1. The van der Waals surface area contributed by atoms with Gasteiger partial charge in [-0.25, -0.2) is 0 Å². The van der Waals surface area contributed by atoms with Gasteiger partial charge in [-0.3, -0.25) is 9.59 Å². The molecule has 3 rings (SSSR count). The summed E-state index contributed by atoms with van der Waals surface area (Å²) >= 11 is 0. The van der Waals surface area contributed by atoms with E-state index in [9.17, 15) is 14.9 Å². The zero-order chi connectivity index (χ0) is 19.3. The number of rotatable bonds is 5. The molecule has 1 atom stereocenters. The number of hydrogen-bond donors (Lipinski definition) is 1. The lowest BCUT2D eigenvalue weighted by Gasteiger charge is -2.41. The number of nitrogens with one attached hydrogen (secondary N) is 1. The quantitative estimate of drug-likeness (QED) is 0.864. The minimum Gasteiger partial charge on any atom is -0.341 e. The van der Waals surface area contributed by atoms with Gasteiger partial charge >= 0.3 is 0 Å². The Morgan fingerprint density at radius 3 is 2.41 bits per heavy atom. The fourth-order valence-electron chi connectivity index (χ4n) is 4.59. The van der Waals surface area contributed by atoms with Crippen molar-refractivity contribution >= 4 is 11.8 Å². The van der Waals surface area contributed by atoms with Crippen LogP contribution in [0.15, 0.2) is 30.3 Å². The highest BCUT2D eigenvalue weighted by molar-refractivity contribution is 5.88. The van der Waals surface area contributed by atoms with Gasteiger partial charge in [0.2, 0.25) is 11.8 Å². The van der Waals surface area contributed by atoms with Crippen LogP contribution < -0.4 is 5.32 Å². The average Bonchev–Trinajstić information content (AvgIpc) is 3.27. The highest BCUT2D eigenvalue weighted by Gasteiger charge is 2.44. The molecule has 1 unspecified atom stereocenters. The first-order chi connectivity index (χ1) is 13.1. The lowest BCUT2D eigenvalue weighted by Crippen LogP contribution is -2.49. The molecule has 0 bridgehead atoms. The van der Waals surface area contributed by atoms with Crippen molar-refractivity contribution in [1.29, 1.82) is 5.26 Å². The van der Waals surface area contributed by atoms with Gasteiger partial charge in [0, 0.05) is 19.5 Å². The summed E-state index contributed by atoms with van der Waals surface area (Å²) in [5.41, 5.74) is 0.527. The SMILES string of the molecule is CCC(=O)NC(C(=O)N1CCC(C#N)(C2CCCC2)CC1)c1ccccc1. The van der Waals surface area contributed by atoms with Gasteiger partial charge in [-0.1, -0.05) is 50.1 Å². The number of carbonyl (C=O) groups is 2. The van der Waals surface area contributed by atoms with Crippen LogP contribution in [0.1, 0.15) is 63.5 Å². The molecule has 144 valence electrons. The van der Waals surface area contributed by atoms with E-state index in [4.69, 9.17) is 0 Å². The molecule has 0 spiro atoms. The summed E-state index contributed by atoms with van der Waals surface area (Å²) in [6.07, 6.45) is 6.54. The van der Waals surface area contributed by atoms with Crippen LogP contribution in [-0.2, 0) is 9.59 Å². The number of benzene rings is 1. The summed E-state index contributed by atoms with van der Waals surface area (Å²) in [7, 11) is 0.